The highest BCUT2D eigenvalue weighted by Crippen LogP contribution is 2.23. The van der Waals surface area contributed by atoms with Gasteiger partial charge in [0.2, 0.25) is 0 Å². The van der Waals surface area contributed by atoms with Gasteiger partial charge in [-0.1, -0.05) is 66.7 Å². The minimum Gasteiger partial charge on any atom is -0.337 e. The second kappa shape index (κ2) is 8.67. The molecule has 3 rings (SSSR count). The summed E-state index contributed by atoms with van der Waals surface area (Å²) in [5, 5.41) is 5.88. The van der Waals surface area contributed by atoms with Crippen LogP contribution in [0.1, 0.15) is 17.0 Å². The van der Waals surface area contributed by atoms with E-state index in [4.69, 9.17) is 0 Å². The van der Waals surface area contributed by atoms with E-state index < -0.39 is 0 Å². The normalized spacial score (nSPS) is 10.5. The molecule has 3 nitrogen and oxygen atoms in total. The van der Waals surface area contributed by atoms with Gasteiger partial charge < -0.3 is 10.6 Å². The molecule has 0 saturated carbocycles. The average Bonchev–Trinajstić information content (AvgIpc) is 2.64. The van der Waals surface area contributed by atoms with Crippen molar-refractivity contribution in [3.8, 4) is 0 Å². The molecule has 0 heterocycles. The number of amides is 2. The van der Waals surface area contributed by atoms with Gasteiger partial charge >= 0.3 is 6.03 Å². The summed E-state index contributed by atoms with van der Waals surface area (Å²) in [5.41, 5.74) is 3.16. The van der Waals surface area contributed by atoms with Crippen LogP contribution in [-0.2, 0) is 0 Å². The summed E-state index contributed by atoms with van der Waals surface area (Å²) in [7, 11) is 0. The molecule has 0 bridgehead atoms. The zero-order valence-electron chi connectivity index (χ0n) is 13.7. The fraction of sp³-hybridized carbons (Fsp3) is 0.0952. The van der Waals surface area contributed by atoms with Crippen molar-refractivity contribution >= 4 is 34.3 Å². The molecule has 4 heteroatoms. The Morgan fingerprint density at radius 1 is 0.840 bits per heavy atom. The van der Waals surface area contributed by atoms with Crippen LogP contribution in [0.5, 0.6) is 0 Å². The lowest BCUT2D eigenvalue weighted by molar-refractivity contribution is 0.252. The molecule has 0 radical (unpaired) electrons. The Bertz CT molecular complexity index is 782. The van der Waals surface area contributed by atoms with Gasteiger partial charge in [-0.25, -0.2) is 4.79 Å². The van der Waals surface area contributed by atoms with Gasteiger partial charge in [-0.15, -0.1) is 0 Å². The molecule has 0 spiro atoms. The highest BCUT2D eigenvalue weighted by Gasteiger charge is 2.15. The summed E-state index contributed by atoms with van der Waals surface area (Å²) < 4.78 is 1.09. The lowest BCUT2D eigenvalue weighted by atomic mass is 9.91. The molecule has 0 unspecified atom stereocenters. The van der Waals surface area contributed by atoms with Gasteiger partial charge in [0, 0.05) is 21.7 Å². The summed E-state index contributed by atoms with van der Waals surface area (Å²) in [6.07, 6.45) is 0. The molecule has 2 amide bonds. The lowest BCUT2D eigenvalue weighted by Gasteiger charge is -2.19. The number of halogens is 1. The van der Waals surface area contributed by atoms with Crippen molar-refractivity contribution in [2.75, 3.05) is 11.9 Å². The van der Waals surface area contributed by atoms with E-state index in [0.717, 1.165) is 9.26 Å². The Morgan fingerprint density at radius 2 is 1.44 bits per heavy atom. The highest BCUT2D eigenvalue weighted by molar-refractivity contribution is 14.1. The molecule has 3 aromatic carbocycles. The number of hydrogen-bond donors (Lipinski definition) is 2. The SMILES string of the molecule is O=C(NCC(c1ccccc1)c1ccccc1)Nc1cccc(I)c1. The van der Waals surface area contributed by atoms with Crippen LogP contribution in [0, 0.1) is 3.57 Å². The van der Waals surface area contributed by atoms with Gasteiger partial charge in [-0.2, -0.15) is 0 Å². The fourth-order valence-electron chi connectivity index (χ4n) is 2.74. The third-order valence-electron chi connectivity index (χ3n) is 3.95. The first-order chi connectivity index (χ1) is 12.2. The van der Waals surface area contributed by atoms with E-state index in [9.17, 15) is 4.79 Å². The predicted molar refractivity (Wildman–Crippen MR) is 111 cm³/mol. The lowest BCUT2D eigenvalue weighted by Crippen LogP contribution is -2.32. The Hall–Kier alpha value is -2.34. The summed E-state index contributed by atoms with van der Waals surface area (Å²) in [6, 6.07) is 28.0. The van der Waals surface area contributed by atoms with Crippen molar-refractivity contribution in [2.24, 2.45) is 0 Å². The van der Waals surface area contributed by atoms with E-state index in [1.165, 1.54) is 11.1 Å². The van der Waals surface area contributed by atoms with E-state index in [2.05, 4.69) is 57.5 Å². The molecule has 126 valence electrons. The van der Waals surface area contributed by atoms with Crippen molar-refractivity contribution in [2.45, 2.75) is 5.92 Å². The van der Waals surface area contributed by atoms with Crippen LogP contribution in [0.2, 0.25) is 0 Å². The molecule has 0 atom stereocenters. The number of carbonyl (C=O) groups excluding carboxylic acids is 1. The summed E-state index contributed by atoms with van der Waals surface area (Å²) in [6.45, 7) is 0.532. The second-order valence-corrected chi connectivity index (χ2v) is 6.96. The predicted octanol–water partition coefficient (Wildman–Crippen LogP) is 5.24. The van der Waals surface area contributed by atoms with Crippen molar-refractivity contribution in [1.82, 2.24) is 5.32 Å². The molecular formula is C21H19IN2O. The highest BCUT2D eigenvalue weighted by atomic mass is 127. The van der Waals surface area contributed by atoms with Crippen LogP contribution in [0.4, 0.5) is 10.5 Å². The largest absolute Gasteiger partial charge is 0.337 e. The third-order valence-corrected chi connectivity index (χ3v) is 4.62. The van der Waals surface area contributed by atoms with Gasteiger partial charge in [0.05, 0.1) is 0 Å². The van der Waals surface area contributed by atoms with Crippen molar-refractivity contribution in [1.29, 1.82) is 0 Å². The molecule has 2 N–H and O–H groups in total. The number of carbonyl (C=O) groups is 1. The molecule has 25 heavy (non-hydrogen) atoms. The molecular weight excluding hydrogens is 423 g/mol. The Balaban J connectivity index is 1.70. The van der Waals surface area contributed by atoms with Gasteiger partial charge in [-0.05, 0) is 51.9 Å². The maximum Gasteiger partial charge on any atom is 0.319 e. The molecule has 0 aliphatic heterocycles. The first-order valence-electron chi connectivity index (χ1n) is 8.12. The smallest absolute Gasteiger partial charge is 0.319 e. The molecule has 0 aromatic heterocycles. The molecule has 0 aliphatic carbocycles. The van der Waals surface area contributed by atoms with Crippen LogP contribution in [0.15, 0.2) is 84.9 Å². The molecule has 0 saturated heterocycles. The van der Waals surface area contributed by atoms with Crippen LogP contribution < -0.4 is 10.6 Å². The van der Waals surface area contributed by atoms with E-state index in [-0.39, 0.29) is 11.9 Å². The number of benzene rings is 3. The van der Waals surface area contributed by atoms with Crippen LogP contribution >= 0.6 is 22.6 Å². The minimum atomic E-state index is -0.195. The van der Waals surface area contributed by atoms with Crippen molar-refractivity contribution in [3.63, 3.8) is 0 Å². The van der Waals surface area contributed by atoms with Gasteiger partial charge in [0.15, 0.2) is 0 Å². The average molecular weight is 442 g/mol. The van der Waals surface area contributed by atoms with E-state index >= 15 is 0 Å². The van der Waals surface area contributed by atoms with E-state index in [1.54, 1.807) is 0 Å². The topological polar surface area (TPSA) is 41.1 Å². The van der Waals surface area contributed by atoms with E-state index in [0.29, 0.717) is 6.54 Å². The first-order valence-corrected chi connectivity index (χ1v) is 9.20. The quantitative estimate of drug-likeness (QED) is 0.521. The van der Waals surface area contributed by atoms with Gasteiger partial charge in [0.25, 0.3) is 0 Å². The number of urea groups is 1. The Labute approximate surface area is 161 Å². The maximum atomic E-state index is 12.3. The van der Waals surface area contributed by atoms with Gasteiger partial charge in [0.1, 0.15) is 0 Å². The number of nitrogens with one attached hydrogen (secondary N) is 2. The zero-order chi connectivity index (χ0) is 17.5. The van der Waals surface area contributed by atoms with Crippen LogP contribution in [0.3, 0.4) is 0 Å². The molecule has 3 aromatic rings. The number of rotatable bonds is 5. The summed E-state index contributed by atoms with van der Waals surface area (Å²) in [5.74, 6) is 0.115. The third kappa shape index (κ3) is 5.06. The summed E-state index contributed by atoms with van der Waals surface area (Å²) >= 11 is 2.23. The maximum absolute atomic E-state index is 12.3. The van der Waals surface area contributed by atoms with Crippen LogP contribution in [-0.4, -0.2) is 12.6 Å². The van der Waals surface area contributed by atoms with Crippen molar-refractivity contribution in [3.05, 3.63) is 99.6 Å². The summed E-state index contributed by atoms with van der Waals surface area (Å²) in [4.78, 5) is 12.3. The molecule has 0 aliphatic rings. The number of hydrogen-bond acceptors (Lipinski definition) is 1. The fourth-order valence-corrected chi connectivity index (χ4v) is 3.28. The Morgan fingerprint density at radius 3 is 2.00 bits per heavy atom. The Kier molecular flexibility index (Phi) is 6.06. The zero-order valence-corrected chi connectivity index (χ0v) is 15.8. The minimum absolute atomic E-state index is 0.115. The van der Waals surface area contributed by atoms with Gasteiger partial charge in [-0.3, -0.25) is 0 Å². The monoisotopic (exact) mass is 442 g/mol. The van der Waals surface area contributed by atoms with E-state index in [1.807, 2.05) is 60.7 Å². The van der Waals surface area contributed by atoms with Crippen LogP contribution in [0.25, 0.3) is 0 Å². The second-order valence-electron chi connectivity index (χ2n) is 5.72. The molecule has 0 fully saturated rings. The van der Waals surface area contributed by atoms with Crippen molar-refractivity contribution < 1.29 is 4.79 Å². The standard InChI is InChI=1S/C21H19IN2O/c22-18-12-7-13-19(14-18)24-21(25)23-15-20(16-8-3-1-4-9-16)17-10-5-2-6-11-17/h1-14,20H,15H2,(H2,23,24,25). The first kappa shape index (κ1) is 17.5. The number of anilines is 1.